The highest BCUT2D eigenvalue weighted by Crippen LogP contribution is 2.23. The van der Waals surface area contributed by atoms with Gasteiger partial charge in [0.05, 0.1) is 16.7 Å². The predicted octanol–water partition coefficient (Wildman–Crippen LogP) is 2.99. The molecule has 1 fully saturated rings. The van der Waals surface area contributed by atoms with Gasteiger partial charge < -0.3 is 14.6 Å². The van der Waals surface area contributed by atoms with E-state index >= 15 is 0 Å². The molecule has 0 amide bonds. The normalized spacial score (nSPS) is 19.5. The number of hydrogen-bond donors (Lipinski definition) is 1. The van der Waals surface area contributed by atoms with E-state index in [1.54, 1.807) is 6.07 Å². The van der Waals surface area contributed by atoms with Crippen molar-refractivity contribution < 1.29 is 19.4 Å². The standard InChI is InChI=1S/C13H15ClO4/c14-12-7-9(4-5-11(12)13(15)16)18-8-10-3-1-2-6-17-10/h4-5,7,10H,1-3,6,8H2,(H,15,16). The van der Waals surface area contributed by atoms with E-state index in [1.165, 1.54) is 12.1 Å². The fourth-order valence-electron chi connectivity index (χ4n) is 1.89. The summed E-state index contributed by atoms with van der Waals surface area (Å²) < 4.78 is 11.1. The Morgan fingerprint density at radius 2 is 2.33 bits per heavy atom. The zero-order valence-electron chi connectivity index (χ0n) is 9.89. The molecule has 1 saturated heterocycles. The molecule has 1 atom stereocenters. The number of carbonyl (C=O) groups is 1. The number of rotatable bonds is 4. The SMILES string of the molecule is O=C(O)c1ccc(OCC2CCCCO2)cc1Cl. The summed E-state index contributed by atoms with van der Waals surface area (Å²) in [6.45, 7) is 1.26. The van der Waals surface area contributed by atoms with Gasteiger partial charge in [0.1, 0.15) is 12.4 Å². The first-order chi connectivity index (χ1) is 8.66. The smallest absolute Gasteiger partial charge is 0.337 e. The quantitative estimate of drug-likeness (QED) is 0.914. The molecular weight excluding hydrogens is 256 g/mol. The van der Waals surface area contributed by atoms with E-state index in [0.29, 0.717) is 12.4 Å². The molecule has 0 aliphatic carbocycles. The Kier molecular flexibility index (Phi) is 4.44. The molecule has 4 nitrogen and oxygen atoms in total. The highest BCUT2D eigenvalue weighted by atomic mass is 35.5. The molecule has 0 radical (unpaired) electrons. The minimum atomic E-state index is -1.04. The molecule has 0 saturated carbocycles. The maximum atomic E-state index is 10.8. The average molecular weight is 271 g/mol. The van der Waals surface area contributed by atoms with Crippen LogP contribution < -0.4 is 4.74 Å². The third-order valence-corrected chi connectivity index (χ3v) is 3.19. The molecule has 1 heterocycles. The van der Waals surface area contributed by atoms with Crippen molar-refractivity contribution in [2.45, 2.75) is 25.4 Å². The van der Waals surface area contributed by atoms with Gasteiger partial charge >= 0.3 is 5.97 Å². The van der Waals surface area contributed by atoms with Gasteiger partial charge in [-0.2, -0.15) is 0 Å². The number of benzene rings is 1. The van der Waals surface area contributed by atoms with Crippen molar-refractivity contribution in [1.82, 2.24) is 0 Å². The van der Waals surface area contributed by atoms with Gasteiger partial charge in [-0.1, -0.05) is 11.6 Å². The van der Waals surface area contributed by atoms with Gasteiger partial charge in [-0.05, 0) is 37.5 Å². The molecule has 5 heteroatoms. The topological polar surface area (TPSA) is 55.8 Å². The summed E-state index contributed by atoms with van der Waals surface area (Å²) in [6, 6.07) is 4.58. The summed E-state index contributed by atoms with van der Waals surface area (Å²) >= 11 is 5.85. The first kappa shape index (κ1) is 13.2. The van der Waals surface area contributed by atoms with Crippen LogP contribution in [0.3, 0.4) is 0 Å². The van der Waals surface area contributed by atoms with E-state index in [-0.39, 0.29) is 16.7 Å². The van der Waals surface area contributed by atoms with Gasteiger partial charge in [-0.15, -0.1) is 0 Å². The Balaban J connectivity index is 1.93. The van der Waals surface area contributed by atoms with Gasteiger partial charge in [0.25, 0.3) is 0 Å². The number of aromatic carboxylic acids is 1. The molecule has 1 aliphatic rings. The van der Waals surface area contributed by atoms with Crippen molar-refractivity contribution >= 4 is 17.6 Å². The molecule has 18 heavy (non-hydrogen) atoms. The van der Waals surface area contributed by atoms with Gasteiger partial charge in [-0.3, -0.25) is 0 Å². The van der Waals surface area contributed by atoms with Crippen LogP contribution in [0.2, 0.25) is 5.02 Å². The number of carboxylic acid groups (broad SMARTS) is 1. The number of ether oxygens (including phenoxy) is 2. The van der Waals surface area contributed by atoms with Crippen LogP contribution >= 0.6 is 11.6 Å². The molecule has 1 aliphatic heterocycles. The van der Waals surface area contributed by atoms with Crippen LogP contribution in [0, 0.1) is 0 Å². The Bertz CT molecular complexity index is 427. The van der Waals surface area contributed by atoms with Crippen molar-refractivity contribution in [3.8, 4) is 5.75 Å². The van der Waals surface area contributed by atoms with E-state index in [9.17, 15) is 4.79 Å². The summed E-state index contributed by atoms with van der Waals surface area (Å²) in [5, 5.41) is 9.03. The van der Waals surface area contributed by atoms with Crippen LogP contribution in [0.25, 0.3) is 0 Å². The Morgan fingerprint density at radius 1 is 1.50 bits per heavy atom. The molecule has 1 unspecified atom stereocenters. The summed E-state index contributed by atoms with van der Waals surface area (Å²) in [4.78, 5) is 10.8. The van der Waals surface area contributed by atoms with Crippen molar-refractivity contribution in [1.29, 1.82) is 0 Å². The predicted molar refractivity (Wildman–Crippen MR) is 67.5 cm³/mol. The van der Waals surface area contributed by atoms with Gasteiger partial charge in [0.15, 0.2) is 0 Å². The van der Waals surface area contributed by atoms with E-state index in [0.717, 1.165) is 25.9 Å². The third-order valence-electron chi connectivity index (χ3n) is 2.88. The number of hydrogen-bond acceptors (Lipinski definition) is 3. The first-order valence-electron chi connectivity index (χ1n) is 5.94. The molecule has 98 valence electrons. The lowest BCUT2D eigenvalue weighted by Crippen LogP contribution is -2.25. The maximum Gasteiger partial charge on any atom is 0.337 e. The van der Waals surface area contributed by atoms with Crippen molar-refractivity contribution in [3.63, 3.8) is 0 Å². The van der Waals surface area contributed by atoms with E-state index < -0.39 is 5.97 Å². The summed E-state index contributed by atoms with van der Waals surface area (Å²) in [5.74, 6) is -0.471. The average Bonchev–Trinajstić information content (AvgIpc) is 2.37. The van der Waals surface area contributed by atoms with Gasteiger partial charge in [0, 0.05) is 6.61 Å². The molecular formula is C13H15ClO4. The lowest BCUT2D eigenvalue weighted by atomic mass is 10.1. The van der Waals surface area contributed by atoms with E-state index in [2.05, 4.69) is 0 Å². The minimum absolute atomic E-state index is 0.0814. The summed E-state index contributed by atoms with van der Waals surface area (Å²) in [5.41, 5.74) is 0.0814. The van der Waals surface area contributed by atoms with Crippen LogP contribution in [0.5, 0.6) is 5.75 Å². The molecule has 0 aromatic heterocycles. The second-order valence-electron chi connectivity index (χ2n) is 4.25. The number of halogens is 1. The highest BCUT2D eigenvalue weighted by Gasteiger charge is 2.15. The molecule has 0 spiro atoms. The maximum absolute atomic E-state index is 10.8. The Morgan fingerprint density at radius 3 is 2.94 bits per heavy atom. The molecule has 1 aromatic carbocycles. The second-order valence-corrected chi connectivity index (χ2v) is 4.65. The largest absolute Gasteiger partial charge is 0.491 e. The Hall–Kier alpha value is -1.26. The fraction of sp³-hybridized carbons (Fsp3) is 0.462. The molecule has 0 bridgehead atoms. The van der Waals surface area contributed by atoms with E-state index in [1.807, 2.05) is 0 Å². The van der Waals surface area contributed by atoms with Crippen molar-refractivity contribution in [2.24, 2.45) is 0 Å². The molecule has 2 rings (SSSR count). The summed E-state index contributed by atoms with van der Waals surface area (Å²) in [6.07, 6.45) is 3.39. The van der Waals surface area contributed by atoms with Crippen LogP contribution in [0.1, 0.15) is 29.6 Å². The lowest BCUT2D eigenvalue weighted by molar-refractivity contribution is -0.0110. The Labute approximate surface area is 110 Å². The second kappa shape index (κ2) is 6.07. The monoisotopic (exact) mass is 270 g/mol. The molecule has 1 N–H and O–H groups in total. The van der Waals surface area contributed by atoms with Crippen LogP contribution in [-0.2, 0) is 4.74 Å². The van der Waals surface area contributed by atoms with Crippen LogP contribution in [0.4, 0.5) is 0 Å². The van der Waals surface area contributed by atoms with Crippen molar-refractivity contribution in [3.05, 3.63) is 28.8 Å². The summed E-state index contributed by atoms with van der Waals surface area (Å²) in [7, 11) is 0. The zero-order valence-corrected chi connectivity index (χ0v) is 10.7. The number of carboxylic acids is 1. The van der Waals surface area contributed by atoms with Crippen LogP contribution in [0.15, 0.2) is 18.2 Å². The fourth-order valence-corrected chi connectivity index (χ4v) is 2.14. The van der Waals surface area contributed by atoms with Gasteiger partial charge in [-0.25, -0.2) is 4.79 Å². The van der Waals surface area contributed by atoms with Gasteiger partial charge in [0.2, 0.25) is 0 Å². The van der Waals surface area contributed by atoms with Crippen LogP contribution in [-0.4, -0.2) is 30.4 Å². The molecule has 1 aromatic rings. The highest BCUT2D eigenvalue weighted by molar-refractivity contribution is 6.33. The minimum Gasteiger partial charge on any atom is -0.491 e. The van der Waals surface area contributed by atoms with E-state index in [4.69, 9.17) is 26.2 Å². The van der Waals surface area contributed by atoms with Crippen molar-refractivity contribution in [2.75, 3.05) is 13.2 Å². The lowest BCUT2D eigenvalue weighted by Gasteiger charge is -2.22. The zero-order chi connectivity index (χ0) is 13.0. The first-order valence-corrected chi connectivity index (χ1v) is 6.32. The third kappa shape index (κ3) is 3.37.